The van der Waals surface area contributed by atoms with Crippen LogP contribution in [0.2, 0.25) is 0 Å². The summed E-state index contributed by atoms with van der Waals surface area (Å²) in [4.78, 5) is 5.22. The zero-order valence-electron chi connectivity index (χ0n) is 32.3. The minimum atomic E-state index is -0.0694. The van der Waals surface area contributed by atoms with E-state index in [-0.39, 0.29) is 6.85 Å². The summed E-state index contributed by atoms with van der Waals surface area (Å²) in [6, 6.07) is 70.1. The van der Waals surface area contributed by atoms with Crippen LogP contribution in [0.25, 0.3) is 64.3 Å². The van der Waals surface area contributed by atoms with Gasteiger partial charge in [-0.25, -0.2) is 0 Å². The molecular weight excluding hydrogens is 719 g/mol. The quantitative estimate of drug-likeness (QED) is 0.165. The standard InChI is InChI=1S/C54H37BN2S/c1-34-27-46-44-30-39-17-9-10-18-40(39)31-49(44)57(42-24-21-38(22-25-42)36-13-5-3-6-14-36)55-47-32-45-43-19-11-12-20-52(43)58-53(45)33-50(47)56(51(28-34)54(46)55)48-26-23-41(29-35(48)2)37-15-7-4-8-16-37/h3-33H,1-2H3. The van der Waals surface area contributed by atoms with Crippen LogP contribution in [0.15, 0.2) is 188 Å². The van der Waals surface area contributed by atoms with Crippen molar-refractivity contribution >= 4 is 88.5 Å². The van der Waals surface area contributed by atoms with Gasteiger partial charge in [-0.3, -0.25) is 0 Å². The maximum Gasteiger partial charge on any atom is 0.333 e. The molecule has 0 N–H and O–H groups in total. The van der Waals surface area contributed by atoms with Crippen LogP contribution in [0.5, 0.6) is 0 Å². The molecule has 0 unspecified atom stereocenters. The van der Waals surface area contributed by atoms with E-state index in [9.17, 15) is 0 Å². The molecule has 4 heteroatoms. The molecule has 0 saturated heterocycles. The van der Waals surface area contributed by atoms with Crippen LogP contribution in [0.1, 0.15) is 11.1 Å². The van der Waals surface area contributed by atoms with Crippen molar-refractivity contribution in [3.05, 3.63) is 199 Å². The SMILES string of the molecule is Cc1cc2c3c(c1)N(c1ccc(-c4ccccc4)cc1C)c1cc4sc5ccccc5c4cc1B3N(c1ccc(-c3ccccc3)cc1)c1cc3ccccc3cc1-2. The smallest absolute Gasteiger partial charge is 0.333 e. The van der Waals surface area contributed by atoms with Gasteiger partial charge in [0.05, 0.1) is 0 Å². The summed E-state index contributed by atoms with van der Waals surface area (Å²) in [5, 5.41) is 5.13. The topological polar surface area (TPSA) is 6.48 Å². The average Bonchev–Trinajstić information content (AvgIpc) is 3.63. The largest absolute Gasteiger partial charge is 0.376 e. The molecule has 58 heavy (non-hydrogen) atoms. The van der Waals surface area contributed by atoms with E-state index in [1.165, 1.54) is 115 Å². The molecule has 2 aliphatic rings. The van der Waals surface area contributed by atoms with Crippen molar-refractivity contribution in [2.45, 2.75) is 13.8 Å². The number of nitrogens with zero attached hydrogens (tertiary/aromatic N) is 2. The highest BCUT2D eigenvalue weighted by atomic mass is 32.1. The lowest BCUT2D eigenvalue weighted by molar-refractivity contribution is 1.24. The van der Waals surface area contributed by atoms with Crippen molar-refractivity contribution in [3.63, 3.8) is 0 Å². The first-order chi connectivity index (χ1) is 28.6. The van der Waals surface area contributed by atoms with E-state index in [0.717, 1.165) is 0 Å². The van der Waals surface area contributed by atoms with Gasteiger partial charge < -0.3 is 9.71 Å². The van der Waals surface area contributed by atoms with E-state index in [1.807, 2.05) is 11.3 Å². The van der Waals surface area contributed by atoms with E-state index in [4.69, 9.17) is 0 Å². The molecule has 2 aliphatic heterocycles. The van der Waals surface area contributed by atoms with Crippen molar-refractivity contribution in [2.75, 3.05) is 9.71 Å². The van der Waals surface area contributed by atoms with Gasteiger partial charge in [0.15, 0.2) is 0 Å². The van der Waals surface area contributed by atoms with Crippen molar-refractivity contribution in [2.24, 2.45) is 0 Å². The van der Waals surface area contributed by atoms with Crippen LogP contribution in [0.4, 0.5) is 28.4 Å². The average molecular weight is 757 g/mol. The van der Waals surface area contributed by atoms with Crippen LogP contribution >= 0.6 is 11.3 Å². The van der Waals surface area contributed by atoms with Crippen molar-refractivity contribution in [1.82, 2.24) is 0 Å². The first kappa shape index (κ1) is 33.3. The fraction of sp³-hybridized carbons (Fsp3) is 0.0370. The van der Waals surface area contributed by atoms with Gasteiger partial charge in [-0.2, -0.15) is 0 Å². The van der Waals surface area contributed by atoms with Gasteiger partial charge in [-0.15, -0.1) is 11.3 Å². The summed E-state index contributed by atoms with van der Waals surface area (Å²) in [6.45, 7) is 4.46. The van der Waals surface area contributed by atoms with E-state index >= 15 is 0 Å². The van der Waals surface area contributed by atoms with Crippen LogP contribution in [-0.4, -0.2) is 6.85 Å². The minimum absolute atomic E-state index is 0.0694. The fourth-order valence-corrected chi connectivity index (χ4v) is 10.8. The Morgan fingerprint density at radius 2 is 1.09 bits per heavy atom. The lowest BCUT2D eigenvalue weighted by atomic mass is 9.43. The predicted octanol–water partition coefficient (Wildman–Crippen LogP) is 13.9. The molecule has 10 aromatic rings. The Kier molecular flexibility index (Phi) is 7.36. The number of benzene rings is 9. The van der Waals surface area contributed by atoms with E-state index < -0.39 is 0 Å². The van der Waals surface area contributed by atoms with Gasteiger partial charge in [0.2, 0.25) is 0 Å². The molecule has 0 saturated carbocycles. The highest BCUT2D eigenvalue weighted by Gasteiger charge is 2.45. The van der Waals surface area contributed by atoms with Gasteiger partial charge >= 0.3 is 6.85 Å². The zero-order valence-corrected chi connectivity index (χ0v) is 33.1. The van der Waals surface area contributed by atoms with E-state index in [1.54, 1.807) is 0 Å². The van der Waals surface area contributed by atoms with Crippen molar-refractivity contribution in [1.29, 1.82) is 0 Å². The number of fused-ring (bicyclic) bond motifs is 8. The Balaban J connectivity index is 1.17. The molecule has 272 valence electrons. The van der Waals surface area contributed by atoms with Crippen molar-refractivity contribution < 1.29 is 0 Å². The lowest BCUT2D eigenvalue weighted by Gasteiger charge is -2.46. The van der Waals surface area contributed by atoms with Crippen molar-refractivity contribution in [3.8, 4) is 33.4 Å². The minimum Gasteiger partial charge on any atom is -0.376 e. The third kappa shape index (κ3) is 5.05. The fourth-order valence-electron chi connectivity index (χ4n) is 9.71. The molecule has 0 atom stereocenters. The Morgan fingerprint density at radius 1 is 0.431 bits per heavy atom. The van der Waals surface area contributed by atoms with E-state index in [0.29, 0.717) is 0 Å². The maximum absolute atomic E-state index is 2.64. The first-order valence-electron chi connectivity index (χ1n) is 20.1. The monoisotopic (exact) mass is 756 g/mol. The molecule has 0 aliphatic carbocycles. The Bertz CT molecular complexity index is 3260. The maximum atomic E-state index is 2.64. The molecular formula is C54H37BN2S. The molecule has 1 aromatic heterocycles. The van der Waals surface area contributed by atoms with E-state index in [2.05, 4.69) is 212 Å². The molecule has 0 spiro atoms. The second-order valence-electron chi connectivity index (χ2n) is 15.9. The Hall–Kier alpha value is -6.88. The number of hydrogen-bond donors (Lipinski definition) is 0. The molecule has 0 amide bonds. The number of anilines is 5. The van der Waals surface area contributed by atoms with Crippen LogP contribution in [-0.2, 0) is 0 Å². The highest BCUT2D eigenvalue weighted by molar-refractivity contribution is 7.26. The third-order valence-corrected chi connectivity index (χ3v) is 13.5. The molecule has 2 nitrogen and oxygen atoms in total. The number of aryl methyl sites for hydroxylation is 2. The lowest BCUT2D eigenvalue weighted by Crippen LogP contribution is -2.61. The predicted molar refractivity (Wildman–Crippen MR) is 251 cm³/mol. The molecule has 0 radical (unpaired) electrons. The number of hydrogen-bond acceptors (Lipinski definition) is 3. The summed E-state index contributed by atoms with van der Waals surface area (Å²) >= 11 is 1.89. The van der Waals surface area contributed by atoms with Crippen LogP contribution < -0.4 is 20.6 Å². The zero-order chi connectivity index (χ0) is 38.5. The van der Waals surface area contributed by atoms with Gasteiger partial charge in [-0.1, -0.05) is 133 Å². The normalized spacial score (nSPS) is 12.9. The van der Waals surface area contributed by atoms with Gasteiger partial charge in [0.25, 0.3) is 0 Å². The summed E-state index contributed by atoms with van der Waals surface area (Å²) < 4.78 is 2.62. The molecule has 12 rings (SSSR count). The Morgan fingerprint density at radius 3 is 1.84 bits per heavy atom. The Labute approximate surface area is 343 Å². The third-order valence-electron chi connectivity index (χ3n) is 12.3. The first-order valence-corrected chi connectivity index (χ1v) is 20.9. The molecule has 0 fully saturated rings. The summed E-state index contributed by atoms with van der Waals surface area (Å²) in [5.41, 5.74) is 18.7. The molecule has 3 heterocycles. The summed E-state index contributed by atoms with van der Waals surface area (Å²) in [6.07, 6.45) is 0. The highest BCUT2D eigenvalue weighted by Crippen LogP contribution is 2.50. The second kappa shape index (κ2) is 12.8. The second-order valence-corrected chi connectivity index (χ2v) is 16.9. The molecule has 9 aromatic carbocycles. The number of thiophene rings is 1. The van der Waals surface area contributed by atoms with Crippen LogP contribution in [0.3, 0.4) is 0 Å². The number of rotatable bonds is 4. The summed E-state index contributed by atoms with van der Waals surface area (Å²) in [7, 11) is 0. The van der Waals surface area contributed by atoms with Crippen LogP contribution in [0, 0.1) is 13.8 Å². The molecule has 0 bridgehead atoms. The van der Waals surface area contributed by atoms with Gasteiger partial charge in [0.1, 0.15) is 0 Å². The summed E-state index contributed by atoms with van der Waals surface area (Å²) in [5.74, 6) is 0. The van der Waals surface area contributed by atoms with Gasteiger partial charge in [0, 0.05) is 54.2 Å². The van der Waals surface area contributed by atoms with Gasteiger partial charge in [-0.05, 0) is 129 Å².